The van der Waals surface area contributed by atoms with E-state index in [1.807, 2.05) is 6.07 Å². The number of amides is 1. The fraction of sp³-hybridized carbons (Fsp3) is 0.647. The van der Waals surface area contributed by atoms with Crippen LogP contribution < -0.4 is 10.6 Å². The molecular weight excluding hydrogens is 415 g/mol. The Morgan fingerprint density at radius 2 is 2.07 bits per heavy atom. The number of carbonyl (C=O) groups is 1. The van der Waals surface area contributed by atoms with Crippen molar-refractivity contribution < 1.29 is 26.4 Å². The van der Waals surface area contributed by atoms with Crippen LogP contribution >= 0.6 is 11.3 Å². The van der Waals surface area contributed by atoms with E-state index >= 15 is 0 Å². The molecule has 1 aromatic heterocycles. The van der Waals surface area contributed by atoms with Gasteiger partial charge in [-0.3, -0.25) is 10.1 Å². The molecule has 2 fully saturated rings. The summed E-state index contributed by atoms with van der Waals surface area (Å²) < 4.78 is 65.6. The van der Waals surface area contributed by atoms with E-state index in [9.17, 15) is 26.4 Å². The van der Waals surface area contributed by atoms with Gasteiger partial charge in [-0.25, -0.2) is 8.42 Å². The van der Waals surface area contributed by atoms with E-state index in [0.29, 0.717) is 12.8 Å². The predicted molar refractivity (Wildman–Crippen MR) is 97.1 cm³/mol. The molecule has 28 heavy (non-hydrogen) atoms. The Balaban J connectivity index is 1.81. The number of alkyl halides is 3. The minimum Gasteiger partial charge on any atom is -0.336 e. The minimum atomic E-state index is -4.71. The molecule has 2 N–H and O–H groups in total. The molecule has 2 atom stereocenters. The molecule has 2 saturated carbocycles. The van der Waals surface area contributed by atoms with Crippen LogP contribution in [0.4, 0.5) is 13.2 Å². The second-order valence-corrected chi connectivity index (χ2v) is 10.5. The van der Waals surface area contributed by atoms with Crippen LogP contribution in [0.3, 0.4) is 0 Å². The van der Waals surface area contributed by atoms with Crippen LogP contribution in [0.25, 0.3) is 0 Å². The fourth-order valence-corrected chi connectivity index (χ4v) is 5.62. The van der Waals surface area contributed by atoms with E-state index in [1.165, 1.54) is 17.5 Å². The van der Waals surface area contributed by atoms with Gasteiger partial charge in [0.1, 0.15) is 17.6 Å². The number of hydrogen-bond donors (Lipinski definition) is 2. The maximum atomic E-state index is 13.6. The molecule has 0 aliphatic heterocycles. The van der Waals surface area contributed by atoms with Gasteiger partial charge in [0.05, 0.1) is 17.6 Å². The van der Waals surface area contributed by atoms with Gasteiger partial charge in [0.25, 0.3) is 0 Å². The molecule has 6 nitrogen and oxygen atoms in total. The Bertz CT molecular complexity index is 854. The Kier molecular flexibility index (Phi) is 5.76. The summed E-state index contributed by atoms with van der Waals surface area (Å²) in [4.78, 5) is 12.6. The average Bonchev–Trinajstić information content (AvgIpc) is 3.50. The molecule has 2 aliphatic rings. The van der Waals surface area contributed by atoms with Crippen LogP contribution in [0.2, 0.25) is 0 Å². The van der Waals surface area contributed by atoms with Crippen LogP contribution in [0.5, 0.6) is 0 Å². The van der Waals surface area contributed by atoms with Gasteiger partial charge < -0.3 is 5.32 Å². The third-order valence-corrected chi connectivity index (χ3v) is 7.53. The van der Waals surface area contributed by atoms with Crippen molar-refractivity contribution >= 4 is 27.1 Å². The lowest BCUT2D eigenvalue weighted by Crippen LogP contribution is -2.54. The number of carbonyl (C=O) groups excluding carboxylic acids is 1. The quantitative estimate of drug-likeness (QED) is 0.620. The number of sulfone groups is 1. The molecule has 154 valence electrons. The standard InChI is InChI=1S/C17H20F3N3O3S2/c18-17(19,20)14(13-2-1-7-27-13)22-12(9-28(25,26)8-11-3-4-11)15(24)23-16(10-21)5-6-16/h1-2,7,11-12,14,22H,3-6,8-9H2,(H,23,24)/t12?,14-/m0/s1. The van der Waals surface area contributed by atoms with E-state index < -0.39 is 45.3 Å². The zero-order valence-electron chi connectivity index (χ0n) is 14.8. The molecule has 0 aromatic carbocycles. The summed E-state index contributed by atoms with van der Waals surface area (Å²) in [5.74, 6) is -1.77. The van der Waals surface area contributed by atoms with E-state index in [4.69, 9.17) is 5.26 Å². The first-order chi connectivity index (χ1) is 13.0. The second kappa shape index (κ2) is 7.65. The number of nitrogens with one attached hydrogen (secondary N) is 2. The number of halogens is 3. The molecule has 0 spiro atoms. The zero-order valence-corrected chi connectivity index (χ0v) is 16.5. The Hall–Kier alpha value is -1.64. The molecule has 0 saturated heterocycles. The SMILES string of the molecule is N#CC1(NC(=O)C(CS(=O)(=O)CC2CC2)N[C@@H](c2cccs2)C(F)(F)F)CC1. The van der Waals surface area contributed by atoms with Gasteiger partial charge in [-0.15, -0.1) is 11.3 Å². The van der Waals surface area contributed by atoms with Gasteiger partial charge in [0.2, 0.25) is 5.91 Å². The van der Waals surface area contributed by atoms with Crippen LogP contribution in [-0.2, 0) is 14.6 Å². The maximum Gasteiger partial charge on any atom is 0.408 e. The smallest absolute Gasteiger partial charge is 0.336 e. The molecule has 0 radical (unpaired) electrons. The molecule has 0 bridgehead atoms. The summed E-state index contributed by atoms with van der Waals surface area (Å²) in [5.41, 5.74) is -1.10. The van der Waals surface area contributed by atoms with Crippen molar-refractivity contribution in [3.63, 3.8) is 0 Å². The largest absolute Gasteiger partial charge is 0.408 e. The van der Waals surface area contributed by atoms with Crippen molar-refractivity contribution in [3.05, 3.63) is 22.4 Å². The van der Waals surface area contributed by atoms with Crippen molar-refractivity contribution in [1.82, 2.24) is 10.6 Å². The van der Waals surface area contributed by atoms with Crippen molar-refractivity contribution in [2.45, 2.75) is 49.5 Å². The first-order valence-electron chi connectivity index (χ1n) is 8.83. The molecule has 1 unspecified atom stereocenters. The van der Waals surface area contributed by atoms with Gasteiger partial charge in [-0.05, 0) is 43.0 Å². The molecule has 1 heterocycles. The summed E-state index contributed by atoms with van der Waals surface area (Å²) in [6, 6.07) is 0.879. The normalized spacial score (nSPS) is 20.8. The summed E-state index contributed by atoms with van der Waals surface area (Å²) in [7, 11) is -3.73. The number of rotatable bonds is 9. The van der Waals surface area contributed by atoms with Gasteiger partial charge in [0, 0.05) is 4.88 Å². The van der Waals surface area contributed by atoms with Crippen LogP contribution in [0.15, 0.2) is 17.5 Å². The molecule has 1 amide bonds. The Morgan fingerprint density at radius 3 is 2.54 bits per heavy atom. The third kappa shape index (κ3) is 5.46. The van der Waals surface area contributed by atoms with Gasteiger partial charge in [-0.2, -0.15) is 18.4 Å². The van der Waals surface area contributed by atoms with Crippen molar-refractivity contribution in [1.29, 1.82) is 5.26 Å². The maximum absolute atomic E-state index is 13.6. The summed E-state index contributed by atoms with van der Waals surface area (Å²) >= 11 is 0.864. The predicted octanol–water partition coefficient (Wildman–Crippen LogP) is 2.31. The molecule has 1 aromatic rings. The average molecular weight is 435 g/mol. The highest BCUT2D eigenvalue weighted by molar-refractivity contribution is 7.91. The van der Waals surface area contributed by atoms with E-state index in [-0.39, 0.29) is 16.5 Å². The Morgan fingerprint density at radius 1 is 1.39 bits per heavy atom. The van der Waals surface area contributed by atoms with Crippen molar-refractivity contribution in [2.24, 2.45) is 5.92 Å². The van der Waals surface area contributed by atoms with E-state index in [1.54, 1.807) is 0 Å². The topological polar surface area (TPSA) is 99.1 Å². The highest BCUT2D eigenvalue weighted by Gasteiger charge is 2.48. The molecule has 3 rings (SSSR count). The minimum absolute atomic E-state index is 0.0123. The molecular formula is C17H20F3N3O3S2. The third-order valence-electron chi connectivity index (χ3n) is 4.77. The highest BCUT2D eigenvalue weighted by atomic mass is 32.2. The molecule has 2 aliphatic carbocycles. The van der Waals surface area contributed by atoms with Crippen LogP contribution in [0, 0.1) is 17.2 Å². The number of nitrogens with zero attached hydrogens (tertiary/aromatic N) is 1. The summed E-state index contributed by atoms with van der Waals surface area (Å²) in [5, 5.41) is 15.2. The van der Waals surface area contributed by atoms with Crippen LogP contribution in [0.1, 0.15) is 36.6 Å². The van der Waals surface area contributed by atoms with E-state index in [0.717, 1.165) is 24.2 Å². The monoisotopic (exact) mass is 435 g/mol. The summed E-state index contributed by atoms with van der Waals surface area (Å²) in [6.07, 6.45) is -2.40. The van der Waals surface area contributed by atoms with Crippen molar-refractivity contribution in [2.75, 3.05) is 11.5 Å². The van der Waals surface area contributed by atoms with Crippen LogP contribution in [-0.4, -0.2) is 43.6 Å². The summed E-state index contributed by atoms with van der Waals surface area (Å²) in [6.45, 7) is 0. The first-order valence-corrected chi connectivity index (χ1v) is 11.5. The lowest BCUT2D eigenvalue weighted by Gasteiger charge is -2.27. The van der Waals surface area contributed by atoms with Gasteiger partial charge >= 0.3 is 6.18 Å². The van der Waals surface area contributed by atoms with Gasteiger partial charge in [-0.1, -0.05) is 6.07 Å². The molecule has 11 heteroatoms. The Labute approximate surface area is 165 Å². The number of nitriles is 1. The fourth-order valence-electron chi connectivity index (χ4n) is 2.87. The highest BCUT2D eigenvalue weighted by Crippen LogP contribution is 2.37. The lowest BCUT2D eigenvalue weighted by atomic mass is 10.1. The second-order valence-electron chi connectivity index (χ2n) is 7.41. The lowest BCUT2D eigenvalue weighted by molar-refractivity contribution is -0.159. The number of thiophene rings is 1. The van der Waals surface area contributed by atoms with Crippen molar-refractivity contribution in [3.8, 4) is 6.07 Å². The number of hydrogen-bond acceptors (Lipinski definition) is 6. The zero-order chi connectivity index (χ0) is 20.6. The van der Waals surface area contributed by atoms with Gasteiger partial charge in [0.15, 0.2) is 9.84 Å². The first kappa shape index (κ1) is 21.1. The van der Waals surface area contributed by atoms with E-state index in [2.05, 4.69) is 10.6 Å².